The molecule has 2 nitrogen and oxygen atoms in total. The Balaban J connectivity index is 2.82. The lowest BCUT2D eigenvalue weighted by atomic mass is 10.0. The maximum atomic E-state index is 5.93. The molecular formula is C9H14ClIN2. The first-order chi connectivity index (χ1) is 6.06. The van der Waals surface area contributed by atoms with Crippen molar-refractivity contribution in [3.8, 4) is 0 Å². The molecular weight excluding hydrogens is 298 g/mol. The predicted molar refractivity (Wildman–Crippen MR) is 64.1 cm³/mol. The van der Waals surface area contributed by atoms with Gasteiger partial charge >= 0.3 is 0 Å². The van der Waals surface area contributed by atoms with Crippen LogP contribution in [0.3, 0.4) is 0 Å². The molecule has 0 fully saturated rings. The number of nitrogens with zero attached hydrogens (tertiary/aromatic N) is 2. The van der Waals surface area contributed by atoms with Crippen LogP contribution in [-0.2, 0) is 0 Å². The summed E-state index contributed by atoms with van der Waals surface area (Å²) in [5.41, 5.74) is 0. The molecule has 0 saturated heterocycles. The fourth-order valence-corrected chi connectivity index (χ4v) is 1.68. The number of hydrogen-bond donors (Lipinski definition) is 0. The van der Waals surface area contributed by atoms with Crippen LogP contribution in [0.4, 0.5) is 0 Å². The van der Waals surface area contributed by atoms with Crippen LogP contribution in [0.1, 0.15) is 33.2 Å². The Kier molecular flexibility index (Phi) is 4.04. The molecule has 2 unspecified atom stereocenters. The van der Waals surface area contributed by atoms with Crippen LogP contribution in [0.15, 0.2) is 6.20 Å². The van der Waals surface area contributed by atoms with Crippen LogP contribution in [0.5, 0.6) is 0 Å². The third-order valence-electron chi connectivity index (χ3n) is 2.53. The van der Waals surface area contributed by atoms with Gasteiger partial charge in [0, 0.05) is 6.20 Å². The lowest BCUT2D eigenvalue weighted by molar-refractivity contribution is 0.342. The van der Waals surface area contributed by atoms with Crippen molar-refractivity contribution in [2.75, 3.05) is 0 Å². The second-order valence-electron chi connectivity index (χ2n) is 3.37. The third-order valence-corrected chi connectivity index (χ3v) is 3.92. The molecule has 0 N–H and O–H groups in total. The Morgan fingerprint density at radius 3 is 2.62 bits per heavy atom. The van der Waals surface area contributed by atoms with E-state index in [1.807, 2.05) is 10.9 Å². The minimum absolute atomic E-state index is 0.422. The molecule has 0 bridgehead atoms. The molecule has 0 radical (unpaired) electrons. The van der Waals surface area contributed by atoms with E-state index in [1.54, 1.807) is 0 Å². The summed E-state index contributed by atoms with van der Waals surface area (Å²) in [6.45, 7) is 6.60. The van der Waals surface area contributed by atoms with Crippen molar-refractivity contribution >= 4 is 34.2 Å². The summed E-state index contributed by atoms with van der Waals surface area (Å²) < 4.78 is 2.84. The van der Waals surface area contributed by atoms with Crippen LogP contribution in [0, 0.1) is 9.62 Å². The van der Waals surface area contributed by atoms with Gasteiger partial charge in [0.05, 0.1) is 11.1 Å². The maximum absolute atomic E-state index is 5.93. The molecule has 1 aromatic rings. The lowest BCUT2D eigenvalue weighted by Crippen LogP contribution is -2.13. The summed E-state index contributed by atoms with van der Waals surface area (Å²) >= 11 is 8.08. The van der Waals surface area contributed by atoms with Crippen molar-refractivity contribution in [1.82, 2.24) is 9.78 Å². The monoisotopic (exact) mass is 312 g/mol. The molecule has 0 spiro atoms. The summed E-state index contributed by atoms with van der Waals surface area (Å²) in [5, 5.41) is 5.10. The molecule has 1 rings (SSSR count). The van der Waals surface area contributed by atoms with Crippen LogP contribution >= 0.6 is 34.2 Å². The second-order valence-corrected chi connectivity index (χ2v) is 4.80. The highest BCUT2D eigenvalue weighted by Gasteiger charge is 2.14. The van der Waals surface area contributed by atoms with Gasteiger partial charge in [-0.3, -0.25) is 4.68 Å². The van der Waals surface area contributed by atoms with Crippen molar-refractivity contribution in [3.63, 3.8) is 0 Å². The quantitative estimate of drug-likeness (QED) is 0.777. The maximum Gasteiger partial charge on any atom is 0.141 e. The number of hydrogen-bond acceptors (Lipinski definition) is 1. The van der Waals surface area contributed by atoms with E-state index in [9.17, 15) is 0 Å². The zero-order valence-corrected chi connectivity index (χ0v) is 11.0. The topological polar surface area (TPSA) is 17.8 Å². The molecule has 0 saturated carbocycles. The van der Waals surface area contributed by atoms with Crippen molar-refractivity contribution in [2.24, 2.45) is 5.92 Å². The molecule has 0 aliphatic rings. The van der Waals surface area contributed by atoms with Gasteiger partial charge in [0.1, 0.15) is 3.70 Å². The van der Waals surface area contributed by atoms with Gasteiger partial charge in [0.25, 0.3) is 0 Å². The number of rotatable bonds is 3. The van der Waals surface area contributed by atoms with Gasteiger partial charge < -0.3 is 0 Å². The van der Waals surface area contributed by atoms with Gasteiger partial charge in [-0.2, -0.15) is 5.10 Å². The average molecular weight is 313 g/mol. The fourth-order valence-electron chi connectivity index (χ4n) is 1.16. The second kappa shape index (κ2) is 4.64. The Morgan fingerprint density at radius 2 is 2.23 bits per heavy atom. The van der Waals surface area contributed by atoms with Gasteiger partial charge in [0.15, 0.2) is 0 Å². The molecule has 2 atom stereocenters. The molecule has 0 amide bonds. The molecule has 0 aliphatic heterocycles. The third kappa shape index (κ3) is 2.59. The Bertz CT molecular complexity index is 266. The zero-order valence-electron chi connectivity index (χ0n) is 8.09. The van der Waals surface area contributed by atoms with Crippen molar-refractivity contribution in [2.45, 2.75) is 33.2 Å². The summed E-state index contributed by atoms with van der Waals surface area (Å²) in [5.74, 6) is 0.631. The smallest absolute Gasteiger partial charge is 0.141 e. The zero-order chi connectivity index (χ0) is 10.0. The first-order valence-electron chi connectivity index (χ1n) is 4.46. The minimum Gasteiger partial charge on any atom is -0.267 e. The summed E-state index contributed by atoms with van der Waals surface area (Å²) in [7, 11) is 0. The molecule has 1 heterocycles. The Labute approximate surface area is 97.8 Å². The average Bonchev–Trinajstić information content (AvgIpc) is 2.44. The van der Waals surface area contributed by atoms with Gasteiger partial charge in [-0.1, -0.05) is 31.9 Å². The number of aromatic nitrogens is 2. The van der Waals surface area contributed by atoms with E-state index in [0.29, 0.717) is 12.0 Å². The van der Waals surface area contributed by atoms with Crippen molar-refractivity contribution in [1.29, 1.82) is 0 Å². The van der Waals surface area contributed by atoms with Crippen LogP contribution in [0.2, 0.25) is 5.02 Å². The van der Waals surface area contributed by atoms with Gasteiger partial charge in [-0.25, -0.2) is 0 Å². The van der Waals surface area contributed by atoms with E-state index in [-0.39, 0.29) is 0 Å². The summed E-state index contributed by atoms with van der Waals surface area (Å²) in [6, 6.07) is 0.422. The molecule has 1 aromatic heterocycles. The Hall–Kier alpha value is 0.230. The van der Waals surface area contributed by atoms with Gasteiger partial charge in [-0.05, 0) is 35.4 Å². The first-order valence-corrected chi connectivity index (χ1v) is 5.92. The largest absolute Gasteiger partial charge is 0.267 e. The summed E-state index contributed by atoms with van der Waals surface area (Å²) in [4.78, 5) is 0. The number of halogens is 2. The molecule has 0 aromatic carbocycles. The van der Waals surface area contributed by atoms with E-state index >= 15 is 0 Å². The minimum atomic E-state index is 0.422. The molecule has 13 heavy (non-hydrogen) atoms. The molecule has 74 valence electrons. The van der Waals surface area contributed by atoms with Crippen molar-refractivity contribution in [3.05, 3.63) is 14.9 Å². The first kappa shape index (κ1) is 11.3. The van der Waals surface area contributed by atoms with E-state index in [1.165, 1.54) is 0 Å². The van der Waals surface area contributed by atoms with Crippen molar-refractivity contribution < 1.29 is 0 Å². The van der Waals surface area contributed by atoms with E-state index in [4.69, 9.17) is 11.6 Å². The SMILES string of the molecule is CCC(C)C(C)n1cc(Cl)c(I)n1. The molecule has 4 heteroatoms. The fraction of sp³-hybridized carbons (Fsp3) is 0.667. The van der Waals surface area contributed by atoms with Crippen LogP contribution in [-0.4, -0.2) is 9.78 Å². The standard InChI is InChI=1S/C9H14ClIN2/c1-4-6(2)7(3)13-5-8(10)9(11)12-13/h5-7H,4H2,1-3H3. The normalized spacial score (nSPS) is 15.8. The van der Waals surface area contributed by atoms with Gasteiger partial charge in [-0.15, -0.1) is 0 Å². The lowest BCUT2D eigenvalue weighted by Gasteiger charge is -2.18. The highest BCUT2D eigenvalue weighted by Crippen LogP contribution is 2.23. The predicted octanol–water partition coefficient (Wildman–Crippen LogP) is 3.75. The highest BCUT2D eigenvalue weighted by atomic mass is 127. The van der Waals surface area contributed by atoms with Crippen LogP contribution in [0.25, 0.3) is 0 Å². The van der Waals surface area contributed by atoms with E-state index in [2.05, 4.69) is 48.5 Å². The highest BCUT2D eigenvalue weighted by molar-refractivity contribution is 14.1. The van der Waals surface area contributed by atoms with E-state index < -0.39 is 0 Å². The molecule has 0 aliphatic carbocycles. The van der Waals surface area contributed by atoms with Gasteiger partial charge in [0.2, 0.25) is 0 Å². The van der Waals surface area contributed by atoms with Crippen LogP contribution < -0.4 is 0 Å². The Morgan fingerprint density at radius 1 is 1.62 bits per heavy atom. The summed E-state index contributed by atoms with van der Waals surface area (Å²) in [6.07, 6.45) is 3.06. The van der Waals surface area contributed by atoms with E-state index in [0.717, 1.165) is 15.1 Å².